The van der Waals surface area contributed by atoms with Crippen LogP contribution in [0.3, 0.4) is 0 Å². The predicted molar refractivity (Wildman–Crippen MR) is 110 cm³/mol. The van der Waals surface area contributed by atoms with Gasteiger partial charge < -0.3 is 10.2 Å². The van der Waals surface area contributed by atoms with Gasteiger partial charge in [0.25, 0.3) is 0 Å². The molecule has 27 heavy (non-hydrogen) atoms. The standard InChI is InChI=1S/C20H23N3O2S2/c1-13-22-16(11-26-13)15-5-3-14(4-6-15)8-10-21-19(25)17-12-27-20(2)9-7-18(24)23(17)20/h3-6,11,17H,7-10,12H2,1-2H3,(H,21,25)/t17-,20+/m1/s1. The molecule has 2 aromatic rings. The summed E-state index contributed by atoms with van der Waals surface area (Å²) in [5, 5.41) is 6.15. The van der Waals surface area contributed by atoms with E-state index in [1.807, 2.05) is 6.92 Å². The van der Waals surface area contributed by atoms with Gasteiger partial charge in [-0.25, -0.2) is 4.98 Å². The van der Waals surface area contributed by atoms with E-state index >= 15 is 0 Å². The first kappa shape index (κ1) is 18.5. The van der Waals surface area contributed by atoms with E-state index in [0.29, 0.717) is 18.7 Å². The van der Waals surface area contributed by atoms with Crippen molar-refractivity contribution in [1.29, 1.82) is 0 Å². The molecule has 3 heterocycles. The molecule has 2 atom stereocenters. The highest BCUT2D eigenvalue weighted by Gasteiger charge is 2.52. The molecular formula is C20H23N3O2S2. The first-order chi connectivity index (χ1) is 13.0. The van der Waals surface area contributed by atoms with E-state index in [1.54, 1.807) is 28.0 Å². The van der Waals surface area contributed by atoms with Gasteiger partial charge in [-0.05, 0) is 32.3 Å². The third-order valence-electron chi connectivity index (χ3n) is 5.33. The molecule has 0 unspecified atom stereocenters. The number of benzene rings is 1. The monoisotopic (exact) mass is 401 g/mol. The van der Waals surface area contributed by atoms with Gasteiger partial charge in [-0.2, -0.15) is 0 Å². The largest absolute Gasteiger partial charge is 0.354 e. The van der Waals surface area contributed by atoms with Crippen LogP contribution in [0.4, 0.5) is 0 Å². The lowest BCUT2D eigenvalue weighted by atomic mass is 10.1. The minimum Gasteiger partial charge on any atom is -0.354 e. The normalized spacial score (nSPS) is 24.3. The summed E-state index contributed by atoms with van der Waals surface area (Å²) in [6.45, 7) is 4.65. The molecule has 4 rings (SSSR count). The summed E-state index contributed by atoms with van der Waals surface area (Å²) in [4.78, 5) is 30.8. The highest BCUT2D eigenvalue weighted by molar-refractivity contribution is 8.01. The average Bonchev–Trinajstić information content (AvgIpc) is 3.31. The smallest absolute Gasteiger partial charge is 0.243 e. The van der Waals surface area contributed by atoms with Gasteiger partial charge in [0, 0.05) is 29.7 Å². The summed E-state index contributed by atoms with van der Waals surface area (Å²) in [6, 6.07) is 8.00. The van der Waals surface area contributed by atoms with Crippen LogP contribution in [0, 0.1) is 6.92 Å². The Morgan fingerprint density at radius 1 is 1.37 bits per heavy atom. The topological polar surface area (TPSA) is 62.3 Å². The lowest BCUT2D eigenvalue weighted by Gasteiger charge is -2.29. The van der Waals surface area contributed by atoms with Gasteiger partial charge in [0.1, 0.15) is 6.04 Å². The molecule has 2 saturated heterocycles. The summed E-state index contributed by atoms with van der Waals surface area (Å²) in [7, 11) is 0. The van der Waals surface area contributed by atoms with Crippen molar-refractivity contribution in [1.82, 2.24) is 15.2 Å². The molecule has 0 saturated carbocycles. The first-order valence-corrected chi connectivity index (χ1v) is 11.1. The second-order valence-electron chi connectivity index (χ2n) is 7.26. The number of carbonyl (C=O) groups is 2. The number of amides is 2. The fourth-order valence-corrected chi connectivity index (χ4v) is 5.85. The van der Waals surface area contributed by atoms with Crippen molar-refractivity contribution in [2.75, 3.05) is 12.3 Å². The quantitative estimate of drug-likeness (QED) is 0.836. The van der Waals surface area contributed by atoms with Crippen LogP contribution in [-0.4, -0.2) is 44.9 Å². The van der Waals surface area contributed by atoms with E-state index in [2.05, 4.69) is 46.9 Å². The predicted octanol–water partition coefficient (Wildman–Crippen LogP) is 3.23. The Balaban J connectivity index is 1.31. The summed E-state index contributed by atoms with van der Waals surface area (Å²) in [5.74, 6) is 0.766. The van der Waals surface area contributed by atoms with Gasteiger partial charge in [-0.15, -0.1) is 23.1 Å². The van der Waals surface area contributed by atoms with Crippen molar-refractivity contribution in [2.45, 2.75) is 44.0 Å². The summed E-state index contributed by atoms with van der Waals surface area (Å²) < 4.78 is 0. The number of hydrogen-bond acceptors (Lipinski definition) is 5. The van der Waals surface area contributed by atoms with Crippen molar-refractivity contribution in [3.8, 4) is 11.3 Å². The van der Waals surface area contributed by atoms with Crippen LogP contribution in [0.5, 0.6) is 0 Å². The molecule has 2 aliphatic rings. The molecule has 1 aromatic heterocycles. The van der Waals surface area contributed by atoms with E-state index in [1.165, 1.54) is 5.56 Å². The van der Waals surface area contributed by atoms with Crippen molar-refractivity contribution < 1.29 is 9.59 Å². The van der Waals surface area contributed by atoms with Gasteiger partial charge >= 0.3 is 0 Å². The van der Waals surface area contributed by atoms with Crippen LogP contribution in [0.25, 0.3) is 11.3 Å². The molecule has 0 aliphatic carbocycles. The number of thiazole rings is 1. The Morgan fingerprint density at radius 3 is 2.85 bits per heavy atom. The van der Waals surface area contributed by atoms with Crippen molar-refractivity contribution in [2.24, 2.45) is 0 Å². The summed E-state index contributed by atoms with van der Waals surface area (Å²) in [5.41, 5.74) is 3.30. The zero-order chi connectivity index (χ0) is 19.0. The van der Waals surface area contributed by atoms with Crippen LogP contribution in [0.1, 0.15) is 30.3 Å². The molecule has 5 nitrogen and oxygen atoms in total. The lowest BCUT2D eigenvalue weighted by molar-refractivity contribution is -0.137. The molecule has 0 radical (unpaired) electrons. The van der Waals surface area contributed by atoms with E-state index in [-0.39, 0.29) is 22.7 Å². The van der Waals surface area contributed by atoms with Crippen LogP contribution >= 0.6 is 23.1 Å². The Labute approximate surface area is 167 Å². The van der Waals surface area contributed by atoms with Crippen LogP contribution < -0.4 is 5.32 Å². The number of carbonyl (C=O) groups excluding carboxylic acids is 2. The summed E-state index contributed by atoms with van der Waals surface area (Å²) >= 11 is 3.38. The first-order valence-electron chi connectivity index (χ1n) is 9.21. The Bertz CT molecular complexity index is 864. The molecule has 1 aromatic carbocycles. The minimum absolute atomic E-state index is 0.0314. The number of aromatic nitrogens is 1. The van der Waals surface area contributed by atoms with E-state index in [4.69, 9.17) is 0 Å². The number of nitrogens with zero attached hydrogens (tertiary/aromatic N) is 2. The number of nitrogens with one attached hydrogen (secondary N) is 1. The lowest BCUT2D eigenvalue weighted by Crippen LogP contribution is -2.50. The third-order valence-corrected chi connectivity index (χ3v) is 7.61. The highest BCUT2D eigenvalue weighted by atomic mass is 32.2. The Kier molecular flexibility index (Phi) is 4.99. The molecule has 0 spiro atoms. The molecule has 0 bridgehead atoms. The van der Waals surface area contributed by atoms with Gasteiger partial charge in [-0.3, -0.25) is 9.59 Å². The van der Waals surface area contributed by atoms with E-state index < -0.39 is 0 Å². The Hall–Kier alpha value is -1.86. The SMILES string of the molecule is Cc1nc(-c2ccc(CCNC(=O)[C@H]3CS[C@@]4(C)CCC(=O)N34)cc2)cs1. The summed E-state index contributed by atoms with van der Waals surface area (Å²) in [6.07, 6.45) is 2.16. The number of rotatable bonds is 5. The minimum atomic E-state index is -0.328. The maximum atomic E-state index is 12.6. The van der Waals surface area contributed by atoms with Crippen LogP contribution in [-0.2, 0) is 16.0 Å². The van der Waals surface area contributed by atoms with Crippen LogP contribution in [0.15, 0.2) is 29.6 Å². The Morgan fingerprint density at radius 2 is 2.15 bits per heavy atom. The van der Waals surface area contributed by atoms with Gasteiger partial charge in [0.15, 0.2) is 0 Å². The third kappa shape index (κ3) is 3.62. The molecule has 2 amide bonds. The average molecular weight is 402 g/mol. The van der Waals surface area contributed by atoms with Gasteiger partial charge in [-0.1, -0.05) is 24.3 Å². The van der Waals surface area contributed by atoms with Crippen LogP contribution in [0.2, 0.25) is 0 Å². The second-order valence-corrected chi connectivity index (χ2v) is 9.82. The van der Waals surface area contributed by atoms with Gasteiger partial charge in [0.2, 0.25) is 11.8 Å². The zero-order valence-corrected chi connectivity index (χ0v) is 17.2. The molecule has 1 N–H and O–H groups in total. The number of aryl methyl sites for hydroxylation is 1. The van der Waals surface area contributed by atoms with E-state index in [0.717, 1.165) is 29.1 Å². The second kappa shape index (κ2) is 7.28. The van der Waals surface area contributed by atoms with Crippen molar-refractivity contribution in [3.63, 3.8) is 0 Å². The number of hydrogen-bond donors (Lipinski definition) is 1. The van der Waals surface area contributed by atoms with Crippen molar-refractivity contribution >= 4 is 34.9 Å². The van der Waals surface area contributed by atoms with Crippen molar-refractivity contribution in [3.05, 3.63) is 40.2 Å². The number of fused-ring (bicyclic) bond motifs is 1. The molecule has 2 fully saturated rings. The molecule has 2 aliphatic heterocycles. The fraction of sp³-hybridized carbons (Fsp3) is 0.450. The van der Waals surface area contributed by atoms with Gasteiger partial charge in [0.05, 0.1) is 15.6 Å². The number of thioether (sulfide) groups is 1. The molecule has 142 valence electrons. The van der Waals surface area contributed by atoms with E-state index in [9.17, 15) is 9.59 Å². The maximum Gasteiger partial charge on any atom is 0.243 e. The molecular weight excluding hydrogens is 378 g/mol. The zero-order valence-electron chi connectivity index (χ0n) is 15.5. The maximum absolute atomic E-state index is 12.6. The fourth-order valence-electron chi connectivity index (χ4n) is 3.80. The molecule has 7 heteroatoms. The highest BCUT2D eigenvalue weighted by Crippen LogP contribution is 2.47.